The van der Waals surface area contributed by atoms with Crippen molar-refractivity contribution in [3.63, 3.8) is 0 Å². The zero-order chi connectivity index (χ0) is 19.4. The van der Waals surface area contributed by atoms with Gasteiger partial charge in [-0.1, -0.05) is 6.92 Å². The minimum atomic E-state index is -4.75. The fourth-order valence-electron chi connectivity index (χ4n) is 2.01. The first kappa shape index (κ1) is 21.2. The third kappa shape index (κ3) is 4.63. The van der Waals surface area contributed by atoms with Crippen LogP contribution >= 0.6 is 0 Å². The average molecular weight is 403 g/mol. The van der Waals surface area contributed by atoms with E-state index in [1.807, 2.05) is 0 Å². The molecule has 0 heterocycles. The zero-order valence-electron chi connectivity index (χ0n) is 13.1. The van der Waals surface area contributed by atoms with Gasteiger partial charge in [-0.3, -0.25) is 4.39 Å². The number of aromatic carboxylic acids is 1. The maximum atomic E-state index is 14.4. The summed E-state index contributed by atoms with van der Waals surface area (Å²) in [6.45, 7) is 0.362. The van der Waals surface area contributed by atoms with Gasteiger partial charge in [-0.05, 0) is 25.0 Å². The van der Waals surface area contributed by atoms with Crippen molar-refractivity contribution in [2.75, 3.05) is 21.9 Å². The molecule has 1 rings (SSSR count). The molecular weight excluding hydrogens is 387 g/mol. The molecule has 0 atom stereocenters. The highest BCUT2D eigenvalue weighted by molar-refractivity contribution is 8.10. The summed E-state index contributed by atoms with van der Waals surface area (Å²) in [5.74, 6) is -7.03. The molecule has 0 aromatic heterocycles. The highest BCUT2D eigenvalue weighted by Gasteiger charge is 2.37. The Morgan fingerprint density at radius 1 is 1.12 bits per heavy atom. The summed E-state index contributed by atoms with van der Waals surface area (Å²) in [5, 5.41) is 8.86. The third-order valence-electron chi connectivity index (χ3n) is 2.98. The van der Waals surface area contributed by atoms with Gasteiger partial charge >= 0.3 is 5.97 Å². The fourth-order valence-corrected chi connectivity index (χ4v) is 6.05. The van der Waals surface area contributed by atoms with Crippen molar-refractivity contribution in [2.24, 2.45) is 0 Å². The normalized spacial score (nSPS) is 12.2. The molecule has 0 spiro atoms. The Labute approximate surface area is 143 Å². The Morgan fingerprint density at radius 3 is 2.16 bits per heavy atom. The predicted molar refractivity (Wildman–Crippen MR) is 84.3 cm³/mol. The van der Waals surface area contributed by atoms with Gasteiger partial charge in [0.2, 0.25) is 20.0 Å². The van der Waals surface area contributed by atoms with Gasteiger partial charge in [-0.15, -0.1) is 0 Å². The standard InChI is InChI=1S/C13H16F3NO6S2/c1-2-7-24(20,21)17(25(22,23)8-3-6-14)10-5-4-9(15)11(12(10)16)13(18)19/h4-5H,2-3,6-8H2,1H3,(H,18,19). The number of alkyl halides is 1. The fraction of sp³-hybridized carbons (Fsp3) is 0.462. The molecule has 142 valence electrons. The summed E-state index contributed by atoms with van der Waals surface area (Å²) < 4.78 is 89.1. The summed E-state index contributed by atoms with van der Waals surface area (Å²) in [7, 11) is -9.37. The van der Waals surface area contributed by atoms with Crippen molar-refractivity contribution in [1.29, 1.82) is 0 Å². The number of rotatable bonds is 9. The van der Waals surface area contributed by atoms with Gasteiger partial charge in [-0.25, -0.2) is 30.4 Å². The van der Waals surface area contributed by atoms with E-state index in [1.54, 1.807) is 0 Å². The highest BCUT2D eigenvalue weighted by atomic mass is 32.3. The molecular formula is C13H16F3NO6S2. The van der Waals surface area contributed by atoms with Crippen molar-refractivity contribution in [1.82, 2.24) is 0 Å². The molecule has 0 bridgehead atoms. The first-order valence-electron chi connectivity index (χ1n) is 7.02. The molecule has 25 heavy (non-hydrogen) atoms. The first-order chi connectivity index (χ1) is 11.5. The van der Waals surface area contributed by atoms with E-state index >= 15 is 0 Å². The van der Waals surface area contributed by atoms with Crippen LogP contribution in [0.1, 0.15) is 30.1 Å². The van der Waals surface area contributed by atoms with E-state index in [0.717, 1.165) is 0 Å². The van der Waals surface area contributed by atoms with Gasteiger partial charge in [0, 0.05) is 0 Å². The lowest BCUT2D eigenvalue weighted by molar-refractivity contribution is 0.0686. The van der Waals surface area contributed by atoms with E-state index in [0.29, 0.717) is 12.1 Å². The number of hydrogen-bond donors (Lipinski definition) is 1. The Morgan fingerprint density at radius 2 is 1.68 bits per heavy atom. The topological polar surface area (TPSA) is 109 Å². The summed E-state index contributed by atoms with van der Waals surface area (Å²) >= 11 is 0. The van der Waals surface area contributed by atoms with Crippen molar-refractivity contribution in [3.8, 4) is 0 Å². The Hall–Kier alpha value is -1.82. The SMILES string of the molecule is CCCS(=O)(=O)N(c1ccc(F)c(C(=O)O)c1F)S(=O)(=O)CCCF. The van der Waals surface area contributed by atoms with Crippen LogP contribution in [0.25, 0.3) is 0 Å². The minimum absolute atomic E-state index is 0.0218. The zero-order valence-corrected chi connectivity index (χ0v) is 14.7. The van der Waals surface area contributed by atoms with Crippen molar-refractivity contribution in [3.05, 3.63) is 29.3 Å². The summed E-state index contributed by atoms with van der Waals surface area (Å²) in [6, 6.07) is 0.957. The van der Waals surface area contributed by atoms with Crippen molar-refractivity contribution in [2.45, 2.75) is 19.8 Å². The van der Waals surface area contributed by atoms with Crippen molar-refractivity contribution >= 4 is 31.7 Å². The lowest BCUT2D eigenvalue weighted by Gasteiger charge is -2.24. The van der Waals surface area contributed by atoms with Crippen LogP contribution in [0.4, 0.5) is 18.9 Å². The van der Waals surface area contributed by atoms with E-state index < -0.39 is 73.5 Å². The van der Waals surface area contributed by atoms with Crippen LogP contribution in [-0.2, 0) is 20.0 Å². The van der Waals surface area contributed by atoms with Crippen LogP contribution in [0, 0.1) is 11.6 Å². The number of halogens is 3. The number of carboxylic acid groups (broad SMARTS) is 1. The molecule has 0 radical (unpaired) electrons. The monoisotopic (exact) mass is 403 g/mol. The van der Waals surface area contributed by atoms with E-state index in [4.69, 9.17) is 5.11 Å². The van der Waals surface area contributed by atoms with Gasteiger partial charge in [0.25, 0.3) is 0 Å². The van der Waals surface area contributed by atoms with E-state index in [-0.39, 0.29) is 10.1 Å². The van der Waals surface area contributed by atoms with E-state index in [9.17, 15) is 34.8 Å². The first-order valence-corrected chi connectivity index (χ1v) is 10.2. The quantitative estimate of drug-likeness (QED) is 0.675. The molecule has 0 saturated carbocycles. The second-order valence-electron chi connectivity index (χ2n) is 4.93. The van der Waals surface area contributed by atoms with Crippen LogP contribution in [-0.4, -0.2) is 46.1 Å². The van der Waals surface area contributed by atoms with Crippen molar-refractivity contribution < 1.29 is 39.9 Å². The molecule has 7 nitrogen and oxygen atoms in total. The Balaban J connectivity index is 3.71. The number of nitrogens with zero attached hydrogens (tertiary/aromatic N) is 1. The smallest absolute Gasteiger partial charge is 0.341 e. The number of benzene rings is 1. The summed E-state index contributed by atoms with van der Waals surface area (Å²) in [5.41, 5.74) is -2.64. The molecule has 0 aliphatic rings. The molecule has 1 N–H and O–H groups in total. The largest absolute Gasteiger partial charge is 0.477 e. The molecule has 12 heteroatoms. The Kier molecular flexibility index (Phi) is 6.82. The highest BCUT2D eigenvalue weighted by Crippen LogP contribution is 2.30. The summed E-state index contributed by atoms with van der Waals surface area (Å²) in [6.07, 6.45) is -0.568. The molecule has 0 amide bonds. The molecule has 0 fully saturated rings. The van der Waals surface area contributed by atoms with Crippen LogP contribution in [0.5, 0.6) is 0 Å². The van der Waals surface area contributed by atoms with E-state index in [2.05, 4.69) is 0 Å². The minimum Gasteiger partial charge on any atom is -0.477 e. The maximum absolute atomic E-state index is 14.4. The Bertz CT molecular complexity index is 855. The number of sulfonamides is 2. The molecule has 0 aliphatic heterocycles. The third-order valence-corrected chi connectivity index (χ3v) is 7.48. The molecule has 0 unspecified atom stereocenters. The lowest BCUT2D eigenvalue weighted by atomic mass is 10.2. The predicted octanol–water partition coefficient (Wildman–Crippen LogP) is 1.90. The van der Waals surface area contributed by atoms with Gasteiger partial charge in [0.15, 0.2) is 5.82 Å². The number of carboxylic acids is 1. The molecule has 0 aliphatic carbocycles. The summed E-state index contributed by atoms with van der Waals surface area (Å²) in [4.78, 5) is 11.0. The van der Waals surface area contributed by atoms with Crippen LogP contribution < -0.4 is 3.71 Å². The van der Waals surface area contributed by atoms with Crippen LogP contribution in [0.2, 0.25) is 0 Å². The van der Waals surface area contributed by atoms with Gasteiger partial charge in [-0.2, -0.15) is 3.71 Å². The molecule has 1 aromatic carbocycles. The average Bonchev–Trinajstić information content (AvgIpc) is 2.47. The lowest BCUT2D eigenvalue weighted by Crippen LogP contribution is -2.40. The second-order valence-corrected chi connectivity index (χ2v) is 9.04. The van der Waals surface area contributed by atoms with Crippen LogP contribution in [0.15, 0.2) is 12.1 Å². The van der Waals surface area contributed by atoms with Gasteiger partial charge in [0.05, 0.1) is 18.2 Å². The van der Waals surface area contributed by atoms with E-state index in [1.165, 1.54) is 6.92 Å². The second kappa shape index (κ2) is 8.04. The van der Waals surface area contributed by atoms with Gasteiger partial charge < -0.3 is 5.11 Å². The number of anilines is 1. The maximum Gasteiger partial charge on any atom is 0.341 e. The van der Waals surface area contributed by atoms with Gasteiger partial charge in [0.1, 0.15) is 17.1 Å². The molecule has 0 saturated heterocycles. The molecule has 1 aromatic rings. The number of carbonyl (C=O) groups is 1. The number of hydrogen-bond acceptors (Lipinski definition) is 5. The van der Waals surface area contributed by atoms with Crippen LogP contribution in [0.3, 0.4) is 0 Å².